The molecule has 0 aromatic heterocycles. The van der Waals surface area contributed by atoms with E-state index in [2.05, 4.69) is 6.92 Å². The van der Waals surface area contributed by atoms with Crippen molar-refractivity contribution in [1.29, 1.82) is 0 Å². The molecule has 4 bridgehead atoms. The number of carbonyl (C=O) groups excluding carboxylic acids is 1. The Labute approximate surface area is 186 Å². The minimum absolute atomic E-state index is 0.00580. The fraction of sp³-hybridized carbons (Fsp3) is 0.864. The summed E-state index contributed by atoms with van der Waals surface area (Å²) >= 11 is 0. The van der Waals surface area contributed by atoms with Gasteiger partial charge in [-0.15, -0.1) is 0 Å². The molecule has 1 atom stereocenters. The molecule has 4 aliphatic carbocycles. The highest BCUT2D eigenvalue weighted by molar-refractivity contribution is 7.95. The smallest absolute Gasteiger partial charge is 0.246 e. The molecule has 0 N–H and O–H groups in total. The molecule has 0 aromatic rings. The molecule has 2 heterocycles. The lowest BCUT2D eigenvalue weighted by atomic mass is 9.48. The van der Waals surface area contributed by atoms with Crippen LogP contribution in [0.3, 0.4) is 0 Å². The quantitative estimate of drug-likeness (QED) is 0.585. The molecule has 0 aromatic carbocycles. The number of hydrogen-bond acceptors (Lipinski definition) is 5. The maximum Gasteiger partial charge on any atom is 0.246 e. The van der Waals surface area contributed by atoms with Crippen molar-refractivity contribution in [3.05, 3.63) is 11.6 Å². The minimum Gasteiger partial charge on any atom is -0.337 e. The standard InChI is InChI=1S/C22H34N2O5S2/c1-16(22-12-17-9-18(13-22)11-19(10-17)14-22)8-21(25)23-3-5-24(6-4-23)31(28,29)20-2-7-30(26,27)15-20/h8,17-20H,2-7,9-15H2,1H3/b16-8-. The molecule has 6 rings (SSSR count). The summed E-state index contributed by atoms with van der Waals surface area (Å²) in [4.78, 5) is 14.8. The minimum atomic E-state index is -3.63. The first-order chi connectivity index (χ1) is 14.6. The predicted molar refractivity (Wildman–Crippen MR) is 118 cm³/mol. The molecule has 6 fully saturated rings. The van der Waals surface area contributed by atoms with Gasteiger partial charge >= 0.3 is 0 Å². The lowest BCUT2D eigenvalue weighted by Gasteiger charge is -2.57. The van der Waals surface area contributed by atoms with Crippen LogP contribution >= 0.6 is 0 Å². The first-order valence-electron chi connectivity index (χ1n) is 11.7. The summed E-state index contributed by atoms with van der Waals surface area (Å²) in [6.45, 7) is 3.35. The molecule has 9 heteroatoms. The molecule has 7 nitrogen and oxygen atoms in total. The maximum atomic E-state index is 13.0. The summed E-state index contributed by atoms with van der Waals surface area (Å²) in [7, 11) is -6.89. The Morgan fingerprint density at radius 3 is 2.00 bits per heavy atom. The second-order valence-corrected chi connectivity index (χ2v) is 15.3. The maximum absolute atomic E-state index is 13.0. The molecule has 4 saturated carbocycles. The zero-order valence-corrected chi connectivity index (χ0v) is 20.0. The molecule has 31 heavy (non-hydrogen) atoms. The van der Waals surface area contributed by atoms with Gasteiger partial charge in [-0.3, -0.25) is 4.79 Å². The van der Waals surface area contributed by atoms with Crippen molar-refractivity contribution >= 4 is 25.8 Å². The zero-order chi connectivity index (χ0) is 22.0. The van der Waals surface area contributed by atoms with Crippen LogP contribution in [-0.2, 0) is 24.7 Å². The van der Waals surface area contributed by atoms with Crippen LogP contribution in [0.5, 0.6) is 0 Å². The van der Waals surface area contributed by atoms with Gasteiger partial charge in [-0.1, -0.05) is 5.57 Å². The third kappa shape index (κ3) is 3.99. The number of amides is 1. The molecule has 2 aliphatic heterocycles. The van der Waals surface area contributed by atoms with E-state index in [4.69, 9.17) is 0 Å². The van der Waals surface area contributed by atoms with E-state index in [-0.39, 0.29) is 42.3 Å². The van der Waals surface area contributed by atoms with Gasteiger partial charge in [0, 0.05) is 32.3 Å². The van der Waals surface area contributed by atoms with Crippen molar-refractivity contribution in [3.8, 4) is 0 Å². The van der Waals surface area contributed by atoms with E-state index in [0.29, 0.717) is 13.1 Å². The highest BCUT2D eigenvalue weighted by Crippen LogP contribution is 2.62. The van der Waals surface area contributed by atoms with E-state index >= 15 is 0 Å². The Morgan fingerprint density at radius 2 is 1.52 bits per heavy atom. The largest absolute Gasteiger partial charge is 0.337 e. The number of hydrogen-bond donors (Lipinski definition) is 0. The SMILES string of the molecule is C/C(=C/C(=O)N1CCN(S(=O)(=O)C2CCS(=O)(=O)C2)CC1)C12CC3CC(CC(C3)C1)C2. The molecule has 6 aliphatic rings. The van der Waals surface area contributed by atoms with E-state index in [1.807, 2.05) is 6.08 Å². The number of nitrogens with zero attached hydrogens (tertiary/aromatic N) is 2. The van der Waals surface area contributed by atoms with E-state index < -0.39 is 25.1 Å². The number of piperazine rings is 1. The zero-order valence-electron chi connectivity index (χ0n) is 18.3. The highest BCUT2D eigenvalue weighted by Gasteiger charge is 2.51. The summed E-state index contributed by atoms with van der Waals surface area (Å²) in [5, 5.41) is -0.835. The van der Waals surface area contributed by atoms with Crippen molar-refractivity contribution in [3.63, 3.8) is 0 Å². The van der Waals surface area contributed by atoms with Gasteiger partial charge in [0.05, 0.1) is 16.8 Å². The number of rotatable bonds is 4. The van der Waals surface area contributed by atoms with Gasteiger partial charge in [-0.25, -0.2) is 16.8 Å². The van der Waals surface area contributed by atoms with Gasteiger partial charge in [0.1, 0.15) is 0 Å². The summed E-state index contributed by atoms with van der Waals surface area (Å²) in [5.74, 6) is 2.16. The third-order valence-corrected chi connectivity index (χ3v) is 13.0. The molecule has 1 unspecified atom stereocenters. The van der Waals surface area contributed by atoms with Crippen molar-refractivity contribution < 1.29 is 21.6 Å². The Kier molecular flexibility index (Phi) is 5.33. The van der Waals surface area contributed by atoms with Crippen LogP contribution in [0.2, 0.25) is 0 Å². The summed E-state index contributed by atoms with van der Waals surface area (Å²) < 4.78 is 50.5. The lowest BCUT2D eigenvalue weighted by molar-refractivity contribution is -0.127. The number of sulfone groups is 1. The molecule has 2 saturated heterocycles. The summed E-state index contributed by atoms with van der Waals surface area (Å²) in [6, 6.07) is 0. The third-order valence-electron chi connectivity index (χ3n) is 8.74. The Morgan fingerprint density at radius 1 is 0.968 bits per heavy atom. The van der Waals surface area contributed by atoms with Gasteiger partial charge in [-0.2, -0.15) is 4.31 Å². The molecule has 174 valence electrons. The Hall–Kier alpha value is -0.930. The van der Waals surface area contributed by atoms with Gasteiger partial charge < -0.3 is 4.90 Å². The van der Waals surface area contributed by atoms with Crippen molar-refractivity contribution in [2.75, 3.05) is 37.7 Å². The first kappa shape index (κ1) is 21.9. The summed E-state index contributed by atoms with van der Waals surface area (Å²) in [5.41, 5.74) is 1.44. The number of sulfonamides is 1. The molecule has 1 amide bonds. The van der Waals surface area contributed by atoms with E-state index in [1.165, 1.54) is 48.4 Å². The van der Waals surface area contributed by atoms with Crippen LogP contribution in [0.4, 0.5) is 0 Å². The van der Waals surface area contributed by atoms with Gasteiger partial charge in [0.15, 0.2) is 9.84 Å². The van der Waals surface area contributed by atoms with Crippen LogP contribution in [0.1, 0.15) is 51.9 Å². The Bertz CT molecular complexity index is 958. The van der Waals surface area contributed by atoms with Crippen LogP contribution in [-0.4, -0.2) is 74.9 Å². The number of carbonyl (C=O) groups is 1. The molecule has 0 spiro atoms. The van der Waals surface area contributed by atoms with Crippen LogP contribution in [0, 0.1) is 23.2 Å². The second-order valence-electron chi connectivity index (χ2n) is 10.8. The van der Waals surface area contributed by atoms with Crippen molar-refractivity contribution in [1.82, 2.24) is 9.21 Å². The predicted octanol–water partition coefficient (Wildman–Crippen LogP) is 1.81. The lowest BCUT2D eigenvalue weighted by Crippen LogP contribution is -2.52. The van der Waals surface area contributed by atoms with Gasteiger partial charge in [-0.05, 0) is 75.0 Å². The van der Waals surface area contributed by atoms with Crippen LogP contribution < -0.4 is 0 Å². The number of allylic oxidation sites excluding steroid dienone is 1. The van der Waals surface area contributed by atoms with E-state index in [9.17, 15) is 21.6 Å². The van der Waals surface area contributed by atoms with Crippen LogP contribution in [0.15, 0.2) is 11.6 Å². The monoisotopic (exact) mass is 470 g/mol. The average Bonchev–Trinajstić information content (AvgIpc) is 3.07. The topological polar surface area (TPSA) is 91.8 Å². The van der Waals surface area contributed by atoms with Crippen molar-refractivity contribution in [2.24, 2.45) is 23.2 Å². The van der Waals surface area contributed by atoms with E-state index in [0.717, 1.165) is 17.8 Å². The van der Waals surface area contributed by atoms with Crippen molar-refractivity contribution in [2.45, 2.75) is 57.1 Å². The molecular weight excluding hydrogens is 436 g/mol. The fourth-order valence-corrected chi connectivity index (χ4v) is 11.9. The Balaban J connectivity index is 1.22. The fourth-order valence-electron chi connectivity index (χ4n) is 7.39. The molecule has 0 radical (unpaired) electrons. The highest BCUT2D eigenvalue weighted by atomic mass is 32.2. The average molecular weight is 471 g/mol. The van der Waals surface area contributed by atoms with Gasteiger partial charge in [0.2, 0.25) is 15.9 Å². The summed E-state index contributed by atoms with van der Waals surface area (Å²) in [6.07, 6.45) is 9.82. The van der Waals surface area contributed by atoms with Gasteiger partial charge in [0.25, 0.3) is 0 Å². The normalized spacial score (nSPS) is 40.4. The van der Waals surface area contributed by atoms with Crippen LogP contribution in [0.25, 0.3) is 0 Å². The molecular formula is C22H34N2O5S2. The second kappa shape index (κ2) is 7.55. The van der Waals surface area contributed by atoms with E-state index in [1.54, 1.807) is 4.90 Å². The first-order valence-corrected chi connectivity index (χ1v) is 15.1.